The fraction of sp³-hybridized carbons (Fsp3) is 0.927. The fourth-order valence-corrected chi connectivity index (χ4v) is 8.58. The summed E-state index contributed by atoms with van der Waals surface area (Å²) in [6, 6.07) is -0.549. The second-order valence-electron chi connectivity index (χ2n) is 18.9. The highest BCUT2D eigenvalue weighted by molar-refractivity contribution is 5.76. The van der Waals surface area contributed by atoms with E-state index in [1.807, 2.05) is 0 Å². The second-order valence-corrected chi connectivity index (χ2v) is 18.9. The van der Waals surface area contributed by atoms with Gasteiger partial charge in [-0.2, -0.15) is 0 Å². The molecule has 0 saturated heterocycles. The van der Waals surface area contributed by atoms with Gasteiger partial charge in [-0.3, -0.25) is 9.59 Å². The molecule has 0 radical (unpaired) electrons. The van der Waals surface area contributed by atoms with Crippen molar-refractivity contribution >= 4 is 11.9 Å². The lowest BCUT2D eigenvalue weighted by atomic mass is 10.0. The standard InChI is InChI=1S/C55H107NO5/c1-3-5-7-9-11-13-15-23-27-31-35-39-43-47-53(58)52(51-57)56-54(59)48-44-40-36-32-28-25-21-19-17-18-20-22-26-30-34-38-42-46-50-61-55(60)49-45-41-37-33-29-24-16-14-12-10-8-6-4-2/h19,21,52-53,57-58H,3-18,20,22-51H2,1-2H3,(H,56,59)/b21-19-. The Balaban J connectivity index is 3.43. The van der Waals surface area contributed by atoms with E-state index in [9.17, 15) is 19.8 Å². The number of hydrogen-bond donors (Lipinski definition) is 3. The quantitative estimate of drug-likeness (QED) is 0.0322. The Kier molecular flexibility index (Phi) is 50.1. The zero-order chi connectivity index (χ0) is 44.4. The number of aliphatic hydroxyl groups excluding tert-OH is 2. The molecule has 2 unspecified atom stereocenters. The van der Waals surface area contributed by atoms with Crippen molar-refractivity contribution in [1.82, 2.24) is 5.32 Å². The minimum absolute atomic E-state index is 0.00473. The molecule has 1 amide bonds. The molecule has 6 nitrogen and oxygen atoms in total. The molecule has 61 heavy (non-hydrogen) atoms. The number of nitrogens with one attached hydrogen (secondary N) is 1. The SMILES string of the molecule is CCCCCCCCCCCCCCCC(=O)OCCCCCCCCCCC/C=C\CCCCCCCC(=O)NC(CO)C(O)CCCCCCCCCCCCCCC. The summed E-state index contributed by atoms with van der Waals surface area (Å²) in [5.41, 5.74) is 0. The number of carbonyl (C=O) groups is 2. The van der Waals surface area contributed by atoms with Crippen LogP contribution < -0.4 is 5.32 Å². The molecule has 0 aliphatic carbocycles. The van der Waals surface area contributed by atoms with Crippen LogP contribution in [0.25, 0.3) is 0 Å². The Morgan fingerprint density at radius 3 is 1.16 bits per heavy atom. The van der Waals surface area contributed by atoms with E-state index < -0.39 is 12.1 Å². The van der Waals surface area contributed by atoms with Gasteiger partial charge in [-0.25, -0.2) is 0 Å². The summed E-state index contributed by atoms with van der Waals surface area (Å²) in [5.74, 6) is -0.0438. The third-order valence-corrected chi connectivity index (χ3v) is 12.8. The van der Waals surface area contributed by atoms with Gasteiger partial charge in [-0.1, -0.05) is 251 Å². The van der Waals surface area contributed by atoms with Gasteiger partial charge in [0.1, 0.15) is 0 Å². The molecule has 3 N–H and O–H groups in total. The van der Waals surface area contributed by atoms with Gasteiger partial charge < -0.3 is 20.3 Å². The molecule has 0 aliphatic rings. The lowest BCUT2D eigenvalue weighted by Gasteiger charge is -2.22. The largest absolute Gasteiger partial charge is 0.466 e. The van der Waals surface area contributed by atoms with Crippen LogP contribution in [0.5, 0.6) is 0 Å². The van der Waals surface area contributed by atoms with Gasteiger partial charge in [0.05, 0.1) is 25.4 Å². The van der Waals surface area contributed by atoms with Crippen LogP contribution >= 0.6 is 0 Å². The smallest absolute Gasteiger partial charge is 0.305 e. The first-order chi connectivity index (χ1) is 30.0. The molecule has 0 rings (SSSR count). The molecule has 0 aliphatic heterocycles. The Morgan fingerprint density at radius 2 is 0.770 bits per heavy atom. The number of hydrogen-bond acceptors (Lipinski definition) is 5. The highest BCUT2D eigenvalue weighted by atomic mass is 16.5. The molecule has 0 fully saturated rings. The van der Waals surface area contributed by atoms with Gasteiger partial charge in [0, 0.05) is 12.8 Å². The lowest BCUT2D eigenvalue weighted by Crippen LogP contribution is -2.45. The van der Waals surface area contributed by atoms with Crippen LogP contribution in [0.2, 0.25) is 0 Å². The van der Waals surface area contributed by atoms with E-state index in [1.54, 1.807) is 0 Å². The van der Waals surface area contributed by atoms with Gasteiger partial charge in [0.25, 0.3) is 0 Å². The highest BCUT2D eigenvalue weighted by Gasteiger charge is 2.20. The molecule has 0 heterocycles. The van der Waals surface area contributed by atoms with Crippen molar-refractivity contribution in [3.8, 4) is 0 Å². The Morgan fingerprint density at radius 1 is 0.443 bits per heavy atom. The first-order valence-electron chi connectivity index (χ1n) is 27.4. The van der Waals surface area contributed by atoms with Crippen molar-refractivity contribution in [2.45, 2.75) is 315 Å². The number of esters is 1. The van der Waals surface area contributed by atoms with Crippen molar-refractivity contribution in [1.29, 1.82) is 0 Å². The van der Waals surface area contributed by atoms with Gasteiger partial charge in [-0.15, -0.1) is 0 Å². The summed E-state index contributed by atoms with van der Waals surface area (Å²) in [7, 11) is 0. The van der Waals surface area contributed by atoms with Crippen LogP contribution in [0.3, 0.4) is 0 Å². The van der Waals surface area contributed by atoms with Crippen LogP contribution in [0.15, 0.2) is 12.2 Å². The normalized spacial score (nSPS) is 12.7. The van der Waals surface area contributed by atoms with Crippen LogP contribution in [-0.4, -0.2) is 47.4 Å². The minimum atomic E-state index is -0.671. The van der Waals surface area contributed by atoms with Crippen molar-refractivity contribution in [2.75, 3.05) is 13.2 Å². The van der Waals surface area contributed by atoms with Crippen LogP contribution in [0.4, 0.5) is 0 Å². The highest BCUT2D eigenvalue weighted by Crippen LogP contribution is 2.17. The van der Waals surface area contributed by atoms with Gasteiger partial charge >= 0.3 is 5.97 Å². The minimum Gasteiger partial charge on any atom is -0.466 e. The molecule has 0 aromatic rings. The average molecular weight is 862 g/mol. The first-order valence-corrected chi connectivity index (χ1v) is 27.4. The first kappa shape index (κ1) is 59.6. The number of ether oxygens (including phenoxy) is 1. The Hall–Kier alpha value is -1.40. The van der Waals surface area contributed by atoms with Gasteiger partial charge in [0.2, 0.25) is 5.91 Å². The van der Waals surface area contributed by atoms with E-state index in [-0.39, 0.29) is 18.5 Å². The van der Waals surface area contributed by atoms with Gasteiger partial charge in [0.15, 0.2) is 0 Å². The summed E-state index contributed by atoms with van der Waals surface area (Å²) in [6.07, 6.45) is 59.0. The molecular weight excluding hydrogens is 755 g/mol. The molecule has 0 aromatic carbocycles. The van der Waals surface area contributed by atoms with E-state index in [1.165, 1.54) is 212 Å². The van der Waals surface area contributed by atoms with Crippen molar-refractivity contribution < 1.29 is 24.5 Å². The van der Waals surface area contributed by atoms with Crippen molar-refractivity contribution in [3.63, 3.8) is 0 Å². The maximum Gasteiger partial charge on any atom is 0.305 e. The Labute approximate surface area is 380 Å². The van der Waals surface area contributed by atoms with E-state index >= 15 is 0 Å². The summed E-state index contributed by atoms with van der Waals surface area (Å²) >= 11 is 0. The average Bonchev–Trinajstić information content (AvgIpc) is 3.26. The monoisotopic (exact) mass is 862 g/mol. The fourth-order valence-electron chi connectivity index (χ4n) is 8.58. The van der Waals surface area contributed by atoms with Crippen LogP contribution in [0.1, 0.15) is 303 Å². The third kappa shape index (κ3) is 47.9. The molecule has 6 heteroatoms. The van der Waals surface area contributed by atoms with E-state index in [2.05, 4.69) is 31.3 Å². The number of allylic oxidation sites excluding steroid dienone is 2. The number of unbranched alkanes of at least 4 members (excludes halogenated alkanes) is 38. The lowest BCUT2D eigenvalue weighted by molar-refractivity contribution is -0.143. The maximum absolute atomic E-state index is 12.4. The van der Waals surface area contributed by atoms with E-state index in [0.29, 0.717) is 25.9 Å². The van der Waals surface area contributed by atoms with Crippen LogP contribution in [-0.2, 0) is 14.3 Å². The molecule has 0 spiro atoms. The van der Waals surface area contributed by atoms with Crippen molar-refractivity contribution in [3.05, 3.63) is 12.2 Å². The molecule has 2 atom stereocenters. The van der Waals surface area contributed by atoms with Crippen LogP contribution in [0, 0.1) is 0 Å². The zero-order valence-electron chi connectivity index (χ0n) is 41.2. The summed E-state index contributed by atoms with van der Waals surface area (Å²) < 4.78 is 5.47. The third-order valence-electron chi connectivity index (χ3n) is 12.8. The summed E-state index contributed by atoms with van der Waals surface area (Å²) in [5, 5.41) is 23.2. The van der Waals surface area contributed by atoms with E-state index in [4.69, 9.17) is 4.74 Å². The molecule has 0 aromatic heterocycles. The second kappa shape index (κ2) is 51.2. The number of rotatable bonds is 51. The number of aliphatic hydroxyl groups is 2. The number of carbonyl (C=O) groups excluding carboxylic acids is 2. The van der Waals surface area contributed by atoms with Gasteiger partial charge in [-0.05, 0) is 51.4 Å². The predicted octanol–water partition coefficient (Wildman–Crippen LogP) is 16.5. The maximum atomic E-state index is 12.4. The van der Waals surface area contributed by atoms with E-state index in [0.717, 1.165) is 57.8 Å². The molecule has 362 valence electrons. The zero-order valence-corrected chi connectivity index (χ0v) is 41.2. The molecule has 0 bridgehead atoms. The summed E-state index contributed by atoms with van der Waals surface area (Å²) in [6.45, 7) is 4.94. The predicted molar refractivity (Wildman–Crippen MR) is 264 cm³/mol. The Bertz CT molecular complexity index is 909. The summed E-state index contributed by atoms with van der Waals surface area (Å²) in [4.78, 5) is 24.5. The topological polar surface area (TPSA) is 95.9 Å². The number of amides is 1. The van der Waals surface area contributed by atoms with Crippen molar-refractivity contribution in [2.24, 2.45) is 0 Å². The molecular formula is C55H107NO5. The molecule has 0 saturated carbocycles.